The number of halogens is 3. The lowest BCUT2D eigenvalue weighted by Crippen LogP contribution is -2.37. The average molecular weight is 339 g/mol. The molecule has 128 valence electrons. The van der Waals surface area contributed by atoms with Gasteiger partial charge in [0.05, 0.1) is 5.56 Å². The first-order chi connectivity index (χ1) is 11.4. The fourth-order valence-electron chi connectivity index (χ4n) is 2.93. The molecular weight excluding hydrogens is 323 g/mol. The highest BCUT2D eigenvalue weighted by molar-refractivity contribution is 5.97. The van der Waals surface area contributed by atoms with Crippen molar-refractivity contribution in [3.63, 3.8) is 0 Å². The molecule has 1 aliphatic heterocycles. The minimum Gasteiger partial charge on any atom is -0.365 e. The molecule has 0 bridgehead atoms. The number of alkyl halides is 3. The maximum atomic E-state index is 13.0. The van der Waals surface area contributed by atoms with Gasteiger partial charge in [0, 0.05) is 31.4 Å². The van der Waals surface area contributed by atoms with E-state index in [1.54, 1.807) is 17.3 Å². The molecule has 1 amide bonds. The highest BCUT2D eigenvalue weighted by atomic mass is 19.4. The van der Waals surface area contributed by atoms with Gasteiger partial charge in [0.1, 0.15) is 17.3 Å². The number of nitrogens with two attached hydrogens (primary N) is 1. The Bertz CT molecular complexity index is 729. The molecule has 1 atom stereocenters. The summed E-state index contributed by atoms with van der Waals surface area (Å²) < 4.78 is 38.9. The molecule has 6 nitrogen and oxygen atoms in total. The molecule has 0 aromatic carbocycles. The summed E-state index contributed by atoms with van der Waals surface area (Å²) in [6.07, 6.45) is 0.356. The molecule has 1 saturated heterocycles. The number of piperidine rings is 1. The molecule has 24 heavy (non-hydrogen) atoms. The number of carbonyl (C=O) groups is 1. The molecule has 3 heterocycles. The molecule has 3 N–H and O–H groups in total. The van der Waals surface area contributed by atoms with E-state index in [0.717, 1.165) is 30.8 Å². The van der Waals surface area contributed by atoms with Gasteiger partial charge < -0.3 is 15.6 Å². The molecule has 0 aliphatic carbocycles. The highest BCUT2D eigenvalue weighted by Gasteiger charge is 2.35. The van der Waals surface area contributed by atoms with E-state index in [1.807, 2.05) is 0 Å². The van der Waals surface area contributed by atoms with Crippen LogP contribution in [0.2, 0.25) is 0 Å². The first-order valence-electron chi connectivity index (χ1n) is 7.48. The number of imidazole rings is 1. The zero-order valence-electron chi connectivity index (χ0n) is 12.7. The number of pyridine rings is 1. The van der Waals surface area contributed by atoms with Crippen LogP contribution in [0, 0.1) is 0 Å². The van der Waals surface area contributed by atoms with Gasteiger partial charge in [-0.2, -0.15) is 13.2 Å². The molecule has 2 aromatic rings. The van der Waals surface area contributed by atoms with Crippen molar-refractivity contribution in [3.05, 3.63) is 41.6 Å². The molecule has 0 unspecified atom stereocenters. The summed E-state index contributed by atoms with van der Waals surface area (Å²) in [6.45, 7) is 0.925. The number of anilines is 1. The quantitative estimate of drug-likeness (QED) is 0.898. The van der Waals surface area contributed by atoms with Crippen molar-refractivity contribution in [2.24, 2.45) is 5.73 Å². The first kappa shape index (κ1) is 16.3. The van der Waals surface area contributed by atoms with Gasteiger partial charge >= 0.3 is 6.18 Å². The van der Waals surface area contributed by atoms with Gasteiger partial charge in [0.2, 0.25) is 0 Å². The van der Waals surface area contributed by atoms with Crippen LogP contribution in [0.1, 0.15) is 40.6 Å². The van der Waals surface area contributed by atoms with Crippen molar-refractivity contribution in [3.8, 4) is 0 Å². The molecule has 0 saturated carbocycles. The number of hydrogen-bond donors (Lipinski definition) is 2. The predicted octanol–water partition coefficient (Wildman–Crippen LogP) is 2.31. The number of H-pyrrole nitrogens is 1. The van der Waals surface area contributed by atoms with E-state index >= 15 is 0 Å². The van der Waals surface area contributed by atoms with E-state index in [9.17, 15) is 18.0 Å². The second-order valence-corrected chi connectivity index (χ2v) is 5.69. The fourth-order valence-corrected chi connectivity index (χ4v) is 2.93. The second-order valence-electron chi connectivity index (χ2n) is 5.69. The Morgan fingerprint density at radius 1 is 1.38 bits per heavy atom. The van der Waals surface area contributed by atoms with E-state index in [-0.39, 0.29) is 17.3 Å². The van der Waals surface area contributed by atoms with E-state index < -0.39 is 17.8 Å². The number of nitrogens with one attached hydrogen (secondary N) is 1. The maximum absolute atomic E-state index is 13.0. The lowest BCUT2D eigenvalue weighted by molar-refractivity contribution is -0.141. The number of carbonyl (C=O) groups excluding carboxylic acids is 1. The van der Waals surface area contributed by atoms with Crippen LogP contribution in [0.15, 0.2) is 24.5 Å². The van der Waals surface area contributed by atoms with Gasteiger partial charge in [-0.15, -0.1) is 0 Å². The minimum atomic E-state index is -4.58. The van der Waals surface area contributed by atoms with Crippen LogP contribution in [0.25, 0.3) is 0 Å². The average Bonchev–Trinajstić information content (AvgIpc) is 3.08. The Morgan fingerprint density at radius 3 is 2.79 bits per heavy atom. The lowest BCUT2D eigenvalue weighted by Gasteiger charge is -2.33. The number of amides is 1. The Morgan fingerprint density at radius 2 is 2.17 bits per heavy atom. The van der Waals surface area contributed by atoms with Crippen LogP contribution in [0.5, 0.6) is 0 Å². The van der Waals surface area contributed by atoms with Crippen molar-refractivity contribution in [2.45, 2.75) is 24.9 Å². The summed E-state index contributed by atoms with van der Waals surface area (Å²) in [5.41, 5.74) is 4.25. The van der Waals surface area contributed by atoms with Gasteiger partial charge in [-0.05, 0) is 25.0 Å². The molecule has 1 fully saturated rings. The van der Waals surface area contributed by atoms with Crippen molar-refractivity contribution in [1.82, 2.24) is 15.0 Å². The Hall–Kier alpha value is -2.58. The summed E-state index contributed by atoms with van der Waals surface area (Å²) in [5, 5.41) is 0. The van der Waals surface area contributed by atoms with Crippen LogP contribution in [0.4, 0.5) is 19.0 Å². The normalized spacial score (nSPS) is 18.6. The van der Waals surface area contributed by atoms with Crippen molar-refractivity contribution >= 4 is 11.7 Å². The van der Waals surface area contributed by atoms with E-state index in [0.29, 0.717) is 13.1 Å². The summed E-state index contributed by atoms with van der Waals surface area (Å²) in [5.74, 6) is -0.0157. The van der Waals surface area contributed by atoms with Crippen LogP contribution in [0.3, 0.4) is 0 Å². The number of primary amides is 1. The topological polar surface area (TPSA) is 87.9 Å². The third-order valence-corrected chi connectivity index (χ3v) is 4.06. The van der Waals surface area contributed by atoms with Gasteiger partial charge in [-0.1, -0.05) is 0 Å². The van der Waals surface area contributed by atoms with Crippen LogP contribution in [-0.2, 0) is 6.18 Å². The van der Waals surface area contributed by atoms with Crippen molar-refractivity contribution < 1.29 is 18.0 Å². The first-order valence-corrected chi connectivity index (χ1v) is 7.48. The number of aromatic amines is 1. The Balaban J connectivity index is 1.95. The van der Waals surface area contributed by atoms with E-state index in [1.165, 1.54) is 0 Å². The van der Waals surface area contributed by atoms with Gasteiger partial charge in [0.15, 0.2) is 0 Å². The van der Waals surface area contributed by atoms with Crippen molar-refractivity contribution in [1.29, 1.82) is 0 Å². The van der Waals surface area contributed by atoms with Gasteiger partial charge in [0.25, 0.3) is 5.91 Å². The van der Waals surface area contributed by atoms with Crippen LogP contribution >= 0.6 is 0 Å². The second kappa shape index (κ2) is 6.14. The fraction of sp³-hybridized carbons (Fsp3) is 0.400. The standard InChI is InChI=1S/C15H16F3N5O/c16-15(17,18)11-4-3-10(12(19)24)14(22-11)23-7-1-2-9(8-23)13-20-5-6-21-13/h3-6,9H,1-2,7-8H2,(H2,19,24)(H,20,21)/t9-/m1/s1. The number of hydrogen-bond acceptors (Lipinski definition) is 4. The monoisotopic (exact) mass is 339 g/mol. The third-order valence-electron chi connectivity index (χ3n) is 4.06. The predicted molar refractivity (Wildman–Crippen MR) is 80.5 cm³/mol. The highest BCUT2D eigenvalue weighted by Crippen LogP contribution is 2.33. The number of rotatable bonds is 3. The van der Waals surface area contributed by atoms with Crippen molar-refractivity contribution in [2.75, 3.05) is 18.0 Å². The molecule has 0 radical (unpaired) electrons. The smallest absolute Gasteiger partial charge is 0.365 e. The number of aromatic nitrogens is 3. The maximum Gasteiger partial charge on any atom is 0.433 e. The lowest BCUT2D eigenvalue weighted by atomic mass is 9.97. The van der Waals surface area contributed by atoms with Crippen LogP contribution in [-0.4, -0.2) is 33.9 Å². The molecule has 2 aromatic heterocycles. The molecule has 3 rings (SSSR count). The van der Waals surface area contributed by atoms with Gasteiger partial charge in [-0.25, -0.2) is 9.97 Å². The Kier molecular flexibility index (Phi) is 4.16. The Labute approximate surface area is 135 Å². The zero-order valence-corrected chi connectivity index (χ0v) is 12.7. The van der Waals surface area contributed by atoms with E-state index in [4.69, 9.17) is 5.73 Å². The van der Waals surface area contributed by atoms with Crippen LogP contribution < -0.4 is 10.6 Å². The molecule has 9 heteroatoms. The van der Waals surface area contributed by atoms with E-state index in [2.05, 4.69) is 15.0 Å². The molecular formula is C15H16F3N5O. The zero-order chi connectivity index (χ0) is 17.3. The largest absolute Gasteiger partial charge is 0.433 e. The molecule has 0 spiro atoms. The third kappa shape index (κ3) is 3.19. The minimum absolute atomic E-state index is 0.0110. The summed E-state index contributed by atoms with van der Waals surface area (Å²) in [7, 11) is 0. The summed E-state index contributed by atoms with van der Waals surface area (Å²) >= 11 is 0. The SMILES string of the molecule is NC(=O)c1ccc(C(F)(F)F)nc1N1CCC[C@@H](c2ncc[nH]2)C1. The number of nitrogens with zero attached hydrogens (tertiary/aromatic N) is 3. The van der Waals surface area contributed by atoms with Gasteiger partial charge in [-0.3, -0.25) is 4.79 Å². The molecule has 1 aliphatic rings. The summed E-state index contributed by atoms with van der Waals surface area (Å²) in [4.78, 5) is 24.2. The summed E-state index contributed by atoms with van der Waals surface area (Å²) in [6, 6.07) is 1.86.